The highest BCUT2D eigenvalue weighted by atomic mass is 15.2. The summed E-state index contributed by atoms with van der Waals surface area (Å²) >= 11 is 0. The van der Waals surface area contributed by atoms with Gasteiger partial charge in [-0.15, -0.1) is 0 Å². The van der Waals surface area contributed by atoms with Gasteiger partial charge in [-0.25, -0.2) is 0 Å². The number of aromatic nitrogens is 2. The molecule has 3 aromatic rings. The average Bonchev–Trinajstić information content (AvgIpc) is 3.31. The van der Waals surface area contributed by atoms with Gasteiger partial charge in [0.15, 0.2) is 0 Å². The normalized spacial score (nSPS) is 25.7. The van der Waals surface area contributed by atoms with Gasteiger partial charge in [0.05, 0.1) is 11.7 Å². The SMILES string of the molecule is Cc1ccc(CN2C[C@H]3CC[C@@H]2[C@H]3Nc2ccc3[nH]ncc3c2)cc1. The van der Waals surface area contributed by atoms with E-state index in [2.05, 4.69) is 69.8 Å². The quantitative estimate of drug-likeness (QED) is 0.760. The number of aryl methyl sites for hydroxylation is 1. The van der Waals surface area contributed by atoms with Gasteiger partial charge in [0.2, 0.25) is 0 Å². The Balaban J connectivity index is 1.32. The highest BCUT2D eigenvalue weighted by Gasteiger charge is 2.46. The summed E-state index contributed by atoms with van der Waals surface area (Å²) in [5, 5.41) is 12.1. The maximum absolute atomic E-state index is 4.12. The number of rotatable bonds is 4. The van der Waals surface area contributed by atoms with Gasteiger partial charge in [0.1, 0.15) is 0 Å². The van der Waals surface area contributed by atoms with Crippen molar-refractivity contribution in [2.45, 2.75) is 38.4 Å². The summed E-state index contributed by atoms with van der Waals surface area (Å²) in [6, 6.07) is 16.7. The summed E-state index contributed by atoms with van der Waals surface area (Å²) < 4.78 is 0. The molecule has 25 heavy (non-hydrogen) atoms. The molecule has 0 unspecified atom stereocenters. The summed E-state index contributed by atoms with van der Waals surface area (Å²) in [6.45, 7) is 4.43. The zero-order valence-corrected chi connectivity index (χ0v) is 14.6. The second-order valence-corrected chi connectivity index (χ2v) is 7.66. The molecule has 2 N–H and O–H groups in total. The van der Waals surface area contributed by atoms with Crippen molar-refractivity contribution in [3.8, 4) is 0 Å². The number of fused-ring (bicyclic) bond motifs is 3. The van der Waals surface area contributed by atoms with Crippen LogP contribution in [0.5, 0.6) is 0 Å². The van der Waals surface area contributed by atoms with Crippen molar-refractivity contribution in [1.29, 1.82) is 0 Å². The Morgan fingerprint density at radius 2 is 2.04 bits per heavy atom. The van der Waals surface area contributed by atoms with Crippen molar-refractivity contribution in [1.82, 2.24) is 15.1 Å². The lowest BCUT2D eigenvalue weighted by molar-refractivity contribution is 0.204. The number of hydrogen-bond donors (Lipinski definition) is 2. The lowest BCUT2D eigenvalue weighted by Crippen LogP contribution is -2.36. The first kappa shape index (κ1) is 15.0. The van der Waals surface area contributed by atoms with Gasteiger partial charge in [-0.05, 0) is 49.4 Å². The molecule has 4 heteroatoms. The van der Waals surface area contributed by atoms with Gasteiger partial charge in [0.25, 0.3) is 0 Å². The second-order valence-electron chi connectivity index (χ2n) is 7.66. The fourth-order valence-electron chi connectivity index (χ4n) is 4.66. The number of piperidine rings is 1. The van der Waals surface area contributed by atoms with E-state index in [1.807, 2.05) is 6.20 Å². The zero-order chi connectivity index (χ0) is 16.8. The molecule has 5 rings (SSSR count). The Morgan fingerprint density at radius 3 is 2.92 bits per heavy atom. The molecule has 3 atom stereocenters. The third kappa shape index (κ3) is 2.71. The van der Waals surface area contributed by atoms with Crippen LogP contribution in [0.1, 0.15) is 24.0 Å². The van der Waals surface area contributed by atoms with E-state index < -0.39 is 0 Å². The van der Waals surface area contributed by atoms with Crippen LogP contribution in [0.3, 0.4) is 0 Å². The summed E-state index contributed by atoms with van der Waals surface area (Å²) in [5.41, 5.74) is 5.08. The first-order valence-corrected chi connectivity index (χ1v) is 9.25. The van der Waals surface area contributed by atoms with Crippen LogP contribution < -0.4 is 5.32 Å². The fourth-order valence-corrected chi connectivity index (χ4v) is 4.66. The van der Waals surface area contributed by atoms with Crippen LogP contribution in [-0.4, -0.2) is 33.7 Å². The Kier molecular flexibility index (Phi) is 3.52. The monoisotopic (exact) mass is 332 g/mol. The van der Waals surface area contributed by atoms with Crippen molar-refractivity contribution in [2.24, 2.45) is 5.92 Å². The van der Waals surface area contributed by atoms with Crippen LogP contribution >= 0.6 is 0 Å². The molecule has 0 spiro atoms. The largest absolute Gasteiger partial charge is 0.380 e. The van der Waals surface area contributed by atoms with E-state index in [1.54, 1.807) is 0 Å². The van der Waals surface area contributed by atoms with E-state index in [9.17, 15) is 0 Å². The molecule has 0 radical (unpaired) electrons. The van der Waals surface area contributed by atoms with E-state index in [0.717, 1.165) is 18.0 Å². The molecular formula is C21H24N4. The predicted molar refractivity (Wildman–Crippen MR) is 102 cm³/mol. The van der Waals surface area contributed by atoms with Crippen LogP contribution in [0, 0.1) is 12.8 Å². The first-order valence-electron chi connectivity index (χ1n) is 9.25. The molecule has 2 aliphatic rings. The number of aromatic amines is 1. The maximum Gasteiger partial charge on any atom is 0.0651 e. The van der Waals surface area contributed by atoms with Crippen molar-refractivity contribution in [2.75, 3.05) is 11.9 Å². The lowest BCUT2D eigenvalue weighted by Gasteiger charge is -2.27. The molecule has 2 fully saturated rings. The highest BCUT2D eigenvalue weighted by molar-refractivity contribution is 5.81. The third-order valence-electron chi connectivity index (χ3n) is 5.97. The number of likely N-dealkylation sites (tertiary alicyclic amines) is 1. The maximum atomic E-state index is 4.12. The van der Waals surface area contributed by atoms with E-state index in [1.165, 1.54) is 41.6 Å². The van der Waals surface area contributed by atoms with Crippen LogP contribution in [-0.2, 0) is 6.54 Å². The molecule has 0 amide bonds. The van der Waals surface area contributed by atoms with Crippen LogP contribution in [0.4, 0.5) is 5.69 Å². The van der Waals surface area contributed by atoms with E-state index >= 15 is 0 Å². The topological polar surface area (TPSA) is 44.0 Å². The second kappa shape index (κ2) is 5.88. The minimum absolute atomic E-state index is 0.565. The first-order chi connectivity index (χ1) is 12.3. The van der Waals surface area contributed by atoms with Crippen LogP contribution in [0.25, 0.3) is 10.9 Å². The average molecular weight is 332 g/mol. The van der Waals surface area contributed by atoms with Crippen molar-refractivity contribution < 1.29 is 0 Å². The number of H-pyrrole nitrogens is 1. The number of benzene rings is 2. The van der Waals surface area contributed by atoms with Crippen molar-refractivity contribution in [3.63, 3.8) is 0 Å². The molecule has 4 nitrogen and oxygen atoms in total. The van der Waals surface area contributed by atoms with Gasteiger partial charge in [-0.3, -0.25) is 10.00 Å². The summed E-state index contributed by atoms with van der Waals surface area (Å²) in [4.78, 5) is 2.67. The van der Waals surface area contributed by atoms with Gasteiger partial charge < -0.3 is 5.32 Å². The third-order valence-corrected chi connectivity index (χ3v) is 5.97. The molecule has 1 saturated carbocycles. The van der Waals surface area contributed by atoms with Gasteiger partial charge in [-0.2, -0.15) is 5.10 Å². The molecule has 1 aliphatic heterocycles. The summed E-state index contributed by atoms with van der Waals surface area (Å²) in [6.07, 6.45) is 4.55. The van der Waals surface area contributed by atoms with Crippen LogP contribution in [0.15, 0.2) is 48.7 Å². The molecule has 1 saturated heterocycles. The predicted octanol–water partition coefficient (Wildman–Crippen LogP) is 3.95. The van der Waals surface area contributed by atoms with Gasteiger partial charge >= 0.3 is 0 Å². The van der Waals surface area contributed by atoms with Gasteiger partial charge in [-0.1, -0.05) is 29.8 Å². The minimum atomic E-state index is 0.565. The highest BCUT2D eigenvalue weighted by Crippen LogP contribution is 2.40. The number of hydrogen-bond acceptors (Lipinski definition) is 3. The smallest absolute Gasteiger partial charge is 0.0651 e. The molecule has 2 aromatic carbocycles. The number of anilines is 1. The molecule has 128 valence electrons. The van der Waals surface area contributed by atoms with Crippen molar-refractivity contribution >= 4 is 16.6 Å². The molecule has 1 aromatic heterocycles. The minimum Gasteiger partial charge on any atom is -0.380 e. The standard InChI is InChI=1S/C21H24N4/c1-14-2-4-15(5-3-14)12-25-13-16-6-9-20(25)21(16)23-18-7-8-19-17(10-18)11-22-24-19/h2-5,7-8,10-11,16,20-21,23H,6,9,12-13H2,1H3,(H,22,24)/t16-,20-,21+/m1/s1. The van der Waals surface area contributed by atoms with E-state index in [-0.39, 0.29) is 0 Å². The molecular weight excluding hydrogens is 308 g/mol. The molecule has 2 bridgehead atoms. The Hall–Kier alpha value is -2.33. The molecule has 1 aliphatic carbocycles. The fraction of sp³-hybridized carbons (Fsp3) is 0.381. The number of nitrogens with one attached hydrogen (secondary N) is 2. The van der Waals surface area contributed by atoms with E-state index in [4.69, 9.17) is 0 Å². The summed E-state index contributed by atoms with van der Waals surface area (Å²) in [7, 11) is 0. The zero-order valence-electron chi connectivity index (χ0n) is 14.6. The van der Waals surface area contributed by atoms with Gasteiger partial charge in [0, 0.05) is 36.2 Å². The van der Waals surface area contributed by atoms with Crippen molar-refractivity contribution in [3.05, 3.63) is 59.8 Å². The Bertz CT molecular complexity index is 882. The Morgan fingerprint density at radius 1 is 1.16 bits per heavy atom. The Labute approximate surface area is 148 Å². The molecule has 2 heterocycles. The van der Waals surface area contributed by atoms with E-state index in [0.29, 0.717) is 12.1 Å². The summed E-state index contributed by atoms with van der Waals surface area (Å²) in [5.74, 6) is 0.760. The lowest BCUT2D eigenvalue weighted by atomic mass is 10.1. The van der Waals surface area contributed by atoms with Crippen LogP contribution in [0.2, 0.25) is 0 Å². The number of nitrogens with zero attached hydrogens (tertiary/aromatic N) is 2.